The lowest BCUT2D eigenvalue weighted by Gasteiger charge is -2.09. The summed E-state index contributed by atoms with van der Waals surface area (Å²) in [6, 6.07) is 14.0. The average molecular weight is 283 g/mol. The molecule has 106 valence electrons. The number of nitriles is 1. The lowest BCUT2D eigenvalue weighted by atomic mass is 9.92. The van der Waals surface area contributed by atoms with Crippen LogP contribution in [0.25, 0.3) is 0 Å². The molecule has 2 aromatic carbocycles. The summed E-state index contributed by atoms with van der Waals surface area (Å²) in [5.41, 5.74) is 0.909. The predicted octanol–water partition coefficient (Wildman–Crippen LogP) is 3.71. The Labute approximate surface area is 122 Å². The molecule has 0 aliphatic rings. The number of carbonyl (C=O) groups excluding carboxylic acids is 1. The summed E-state index contributed by atoms with van der Waals surface area (Å²) >= 11 is 0. The summed E-state index contributed by atoms with van der Waals surface area (Å²) in [6.07, 6.45) is 0. The Hall–Kier alpha value is -2.67. The Bertz CT molecular complexity index is 657. The number of ether oxygens (including phenoxy) is 1. The second-order valence-electron chi connectivity index (χ2n) is 4.44. The van der Waals surface area contributed by atoms with Crippen LogP contribution in [0.4, 0.5) is 4.39 Å². The molecule has 0 amide bonds. The fourth-order valence-electron chi connectivity index (χ4n) is 1.99. The first-order valence-electron chi connectivity index (χ1n) is 6.58. The molecule has 0 aliphatic heterocycles. The molecule has 21 heavy (non-hydrogen) atoms. The summed E-state index contributed by atoms with van der Waals surface area (Å²) in [4.78, 5) is 12.4. The molecule has 0 spiro atoms. The molecule has 2 rings (SSSR count). The zero-order chi connectivity index (χ0) is 15.2. The lowest BCUT2D eigenvalue weighted by Crippen LogP contribution is -2.11. The molecular weight excluding hydrogens is 269 g/mol. The maximum Gasteiger partial charge on any atom is 0.184 e. The van der Waals surface area contributed by atoms with E-state index in [1.807, 2.05) is 13.0 Å². The normalized spacial score (nSPS) is 11.5. The van der Waals surface area contributed by atoms with Gasteiger partial charge >= 0.3 is 0 Å². The second kappa shape index (κ2) is 6.67. The Balaban J connectivity index is 2.24. The Morgan fingerprint density at radius 2 is 1.81 bits per heavy atom. The summed E-state index contributed by atoms with van der Waals surface area (Å²) in [6.45, 7) is 2.42. The molecule has 0 aromatic heterocycles. The van der Waals surface area contributed by atoms with Crippen molar-refractivity contribution in [2.45, 2.75) is 12.8 Å². The fourth-order valence-corrected chi connectivity index (χ4v) is 1.99. The maximum absolute atomic E-state index is 12.9. The minimum atomic E-state index is -0.941. The van der Waals surface area contributed by atoms with Crippen LogP contribution in [0.5, 0.6) is 5.75 Å². The number of carbonyl (C=O) groups is 1. The van der Waals surface area contributed by atoms with Gasteiger partial charge in [-0.05, 0) is 48.9 Å². The third-order valence-corrected chi connectivity index (χ3v) is 3.04. The molecule has 3 nitrogen and oxygen atoms in total. The van der Waals surface area contributed by atoms with Crippen molar-refractivity contribution in [2.24, 2.45) is 0 Å². The van der Waals surface area contributed by atoms with Gasteiger partial charge in [0.25, 0.3) is 0 Å². The molecule has 4 heteroatoms. The van der Waals surface area contributed by atoms with Gasteiger partial charge in [-0.3, -0.25) is 4.79 Å². The third-order valence-electron chi connectivity index (χ3n) is 3.04. The van der Waals surface area contributed by atoms with E-state index in [1.165, 1.54) is 24.3 Å². The number of hydrogen-bond acceptors (Lipinski definition) is 3. The van der Waals surface area contributed by atoms with Gasteiger partial charge in [-0.15, -0.1) is 0 Å². The van der Waals surface area contributed by atoms with Crippen LogP contribution in [0.3, 0.4) is 0 Å². The molecule has 1 unspecified atom stereocenters. The number of hydrogen-bond donors (Lipinski definition) is 0. The maximum atomic E-state index is 12.9. The molecule has 0 bridgehead atoms. The monoisotopic (exact) mass is 283 g/mol. The SMILES string of the molecule is CCOc1ccc(C(=O)C(C#N)c2ccc(F)cc2)cc1. The van der Waals surface area contributed by atoms with E-state index < -0.39 is 11.7 Å². The summed E-state index contributed by atoms with van der Waals surface area (Å²) in [5.74, 6) is -0.982. The van der Waals surface area contributed by atoms with Gasteiger partial charge in [0.1, 0.15) is 17.5 Å². The molecule has 2 aromatic rings. The summed E-state index contributed by atoms with van der Waals surface area (Å²) in [7, 11) is 0. The van der Waals surface area contributed by atoms with Crippen molar-refractivity contribution in [2.75, 3.05) is 6.61 Å². The highest BCUT2D eigenvalue weighted by Crippen LogP contribution is 2.22. The van der Waals surface area contributed by atoms with Crippen LogP contribution >= 0.6 is 0 Å². The van der Waals surface area contributed by atoms with E-state index in [0.29, 0.717) is 23.5 Å². The highest BCUT2D eigenvalue weighted by molar-refractivity contribution is 6.02. The van der Waals surface area contributed by atoms with Crippen LogP contribution in [-0.4, -0.2) is 12.4 Å². The van der Waals surface area contributed by atoms with E-state index in [4.69, 9.17) is 4.74 Å². The standard InChI is InChI=1S/C17H14FNO2/c1-2-21-15-9-5-13(6-10-15)17(20)16(11-19)12-3-7-14(18)8-4-12/h3-10,16H,2H2,1H3. The zero-order valence-electron chi connectivity index (χ0n) is 11.5. The fraction of sp³-hybridized carbons (Fsp3) is 0.176. The van der Waals surface area contributed by atoms with E-state index in [0.717, 1.165) is 0 Å². The van der Waals surface area contributed by atoms with Gasteiger partial charge in [-0.25, -0.2) is 4.39 Å². The Morgan fingerprint density at radius 1 is 1.19 bits per heavy atom. The van der Waals surface area contributed by atoms with Crippen LogP contribution in [0, 0.1) is 17.1 Å². The van der Waals surface area contributed by atoms with Crippen molar-refractivity contribution in [3.05, 3.63) is 65.5 Å². The van der Waals surface area contributed by atoms with E-state index >= 15 is 0 Å². The first kappa shape index (κ1) is 14.7. The van der Waals surface area contributed by atoms with E-state index in [-0.39, 0.29) is 5.78 Å². The van der Waals surface area contributed by atoms with E-state index in [9.17, 15) is 14.4 Å². The lowest BCUT2D eigenvalue weighted by molar-refractivity contribution is 0.0979. The summed E-state index contributed by atoms with van der Waals surface area (Å²) in [5, 5.41) is 9.23. The number of halogens is 1. The van der Waals surface area contributed by atoms with Gasteiger partial charge in [0.05, 0.1) is 12.7 Å². The highest BCUT2D eigenvalue weighted by Gasteiger charge is 2.21. The molecule has 0 radical (unpaired) electrons. The third kappa shape index (κ3) is 3.46. The molecular formula is C17H14FNO2. The van der Waals surface area contributed by atoms with Crippen molar-refractivity contribution < 1.29 is 13.9 Å². The topological polar surface area (TPSA) is 50.1 Å². The number of rotatable bonds is 5. The zero-order valence-corrected chi connectivity index (χ0v) is 11.5. The van der Waals surface area contributed by atoms with E-state index in [2.05, 4.69) is 0 Å². The minimum Gasteiger partial charge on any atom is -0.494 e. The van der Waals surface area contributed by atoms with Gasteiger partial charge in [0.2, 0.25) is 0 Å². The quantitative estimate of drug-likeness (QED) is 0.786. The van der Waals surface area contributed by atoms with E-state index in [1.54, 1.807) is 24.3 Å². The van der Waals surface area contributed by atoms with Crippen molar-refractivity contribution in [3.63, 3.8) is 0 Å². The van der Waals surface area contributed by atoms with Crippen LogP contribution in [0.1, 0.15) is 28.8 Å². The van der Waals surface area contributed by atoms with Crippen LogP contribution in [0.2, 0.25) is 0 Å². The highest BCUT2D eigenvalue weighted by atomic mass is 19.1. The summed E-state index contributed by atoms with van der Waals surface area (Å²) < 4.78 is 18.2. The van der Waals surface area contributed by atoms with Crippen LogP contribution < -0.4 is 4.74 Å². The first-order chi connectivity index (χ1) is 10.2. The molecule has 0 saturated heterocycles. The van der Waals surface area contributed by atoms with Crippen LogP contribution in [0.15, 0.2) is 48.5 Å². The average Bonchev–Trinajstić information content (AvgIpc) is 2.51. The molecule has 0 heterocycles. The largest absolute Gasteiger partial charge is 0.494 e. The molecule has 0 fully saturated rings. The van der Waals surface area contributed by atoms with Crippen molar-refractivity contribution in [3.8, 4) is 11.8 Å². The van der Waals surface area contributed by atoms with Gasteiger partial charge in [0, 0.05) is 5.56 Å². The van der Waals surface area contributed by atoms with Gasteiger partial charge < -0.3 is 4.74 Å². The van der Waals surface area contributed by atoms with Gasteiger partial charge in [-0.2, -0.15) is 5.26 Å². The Kier molecular flexibility index (Phi) is 4.68. The second-order valence-corrected chi connectivity index (χ2v) is 4.44. The smallest absolute Gasteiger partial charge is 0.184 e. The first-order valence-corrected chi connectivity index (χ1v) is 6.58. The number of Topliss-reactive ketones (excluding diaryl/α,β-unsaturated/α-hetero) is 1. The van der Waals surface area contributed by atoms with Crippen LogP contribution in [-0.2, 0) is 0 Å². The van der Waals surface area contributed by atoms with Crippen molar-refractivity contribution in [1.82, 2.24) is 0 Å². The van der Waals surface area contributed by atoms with Crippen molar-refractivity contribution >= 4 is 5.78 Å². The van der Waals surface area contributed by atoms with Gasteiger partial charge in [0.15, 0.2) is 5.78 Å². The molecule has 0 saturated carbocycles. The number of nitrogens with zero attached hydrogens (tertiary/aromatic N) is 1. The number of ketones is 1. The number of benzene rings is 2. The van der Waals surface area contributed by atoms with Gasteiger partial charge in [-0.1, -0.05) is 12.1 Å². The Morgan fingerprint density at radius 3 is 2.33 bits per heavy atom. The molecule has 0 aliphatic carbocycles. The van der Waals surface area contributed by atoms with Crippen molar-refractivity contribution in [1.29, 1.82) is 5.26 Å². The molecule has 0 N–H and O–H groups in total. The predicted molar refractivity (Wildman–Crippen MR) is 76.7 cm³/mol. The molecule has 1 atom stereocenters. The minimum absolute atomic E-state index is 0.313.